The molecule has 1 heterocycles. The summed E-state index contributed by atoms with van der Waals surface area (Å²) in [6.45, 7) is 8.31. The molecule has 1 aromatic heterocycles. The average Bonchev–Trinajstić information content (AvgIpc) is 3.42. The molecule has 0 bridgehead atoms. The number of nitrogens with zero attached hydrogens (tertiary/aromatic N) is 1. The second kappa shape index (κ2) is 26.0. The van der Waals surface area contributed by atoms with Crippen LogP contribution in [0.3, 0.4) is 0 Å². The van der Waals surface area contributed by atoms with Crippen LogP contribution in [0.1, 0.15) is 174 Å². The number of fused-ring (bicyclic) bond motifs is 1. The Morgan fingerprint density at radius 1 is 0.548 bits per heavy atom. The summed E-state index contributed by atoms with van der Waals surface area (Å²) < 4.78 is 5.50. The highest BCUT2D eigenvalue weighted by molar-refractivity contribution is 5.84. The molecule has 0 aliphatic heterocycles. The van der Waals surface area contributed by atoms with E-state index in [4.69, 9.17) is 4.74 Å². The zero-order chi connectivity index (χ0) is 29.9. The maximum absolute atomic E-state index is 5.50. The van der Waals surface area contributed by atoms with Crippen molar-refractivity contribution < 1.29 is 4.74 Å². The topological polar surface area (TPSA) is 28.3 Å². The molecular weight excluding hydrogens is 512 g/mol. The molecule has 0 radical (unpaired) electrons. The van der Waals surface area contributed by atoms with Crippen molar-refractivity contribution in [3.63, 3.8) is 0 Å². The summed E-state index contributed by atoms with van der Waals surface area (Å²) in [5, 5.41) is 1.32. The molecular formula is C39H70N2O. The quantitative estimate of drug-likeness (QED) is 0.0928. The number of aromatic nitrogens is 1. The lowest BCUT2D eigenvalue weighted by Crippen LogP contribution is -2.28. The second-order valence-electron chi connectivity index (χ2n) is 13.1. The highest BCUT2D eigenvalue weighted by atomic mass is 16.5. The maximum atomic E-state index is 5.50. The minimum Gasteiger partial charge on any atom is -0.497 e. The fraction of sp³-hybridized carbons (Fsp3) is 0.795. The van der Waals surface area contributed by atoms with Gasteiger partial charge in [-0.1, -0.05) is 155 Å². The molecule has 0 atom stereocenters. The van der Waals surface area contributed by atoms with Gasteiger partial charge in [-0.15, -0.1) is 0 Å². The van der Waals surface area contributed by atoms with Crippen molar-refractivity contribution in [1.29, 1.82) is 0 Å². The van der Waals surface area contributed by atoms with Gasteiger partial charge < -0.3 is 14.6 Å². The molecule has 3 nitrogen and oxygen atoms in total. The molecule has 242 valence electrons. The van der Waals surface area contributed by atoms with Gasteiger partial charge in [0.15, 0.2) is 0 Å². The second-order valence-corrected chi connectivity index (χ2v) is 13.1. The number of hydrogen-bond donors (Lipinski definition) is 1. The molecule has 1 N–H and O–H groups in total. The predicted molar refractivity (Wildman–Crippen MR) is 187 cm³/mol. The Morgan fingerprint density at radius 2 is 0.976 bits per heavy atom. The summed E-state index contributed by atoms with van der Waals surface area (Å²) in [6, 6.07) is 6.40. The van der Waals surface area contributed by atoms with Crippen molar-refractivity contribution in [2.75, 3.05) is 26.7 Å². The maximum Gasteiger partial charge on any atom is 0.119 e. The van der Waals surface area contributed by atoms with E-state index in [2.05, 4.69) is 48.1 Å². The minimum atomic E-state index is 0.952. The van der Waals surface area contributed by atoms with E-state index in [0.29, 0.717) is 0 Å². The Morgan fingerprint density at radius 3 is 1.40 bits per heavy atom. The van der Waals surface area contributed by atoms with E-state index in [1.165, 1.54) is 190 Å². The molecule has 0 saturated heterocycles. The van der Waals surface area contributed by atoms with Crippen molar-refractivity contribution in [1.82, 2.24) is 9.88 Å². The number of nitrogens with one attached hydrogen (secondary N) is 1. The zero-order valence-electron chi connectivity index (χ0n) is 28.5. The summed E-state index contributed by atoms with van der Waals surface area (Å²) in [6.07, 6.45) is 37.5. The molecule has 42 heavy (non-hydrogen) atoms. The third-order valence-corrected chi connectivity index (χ3v) is 9.33. The van der Waals surface area contributed by atoms with Crippen LogP contribution in [-0.4, -0.2) is 36.6 Å². The summed E-state index contributed by atoms with van der Waals surface area (Å²) in [5.41, 5.74) is 2.65. The Kier molecular flexibility index (Phi) is 22.7. The van der Waals surface area contributed by atoms with Gasteiger partial charge in [0.05, 0.1) is 7.11 Å². The summed E-state index contributed by atoms with van der Waals surface area (Å²) in [4.78, 5) is 6.25. The third kappa shape index (κ3) is 17.6. The lowest BCUT2D eigenvalue weighted by atomic mass is 10.0. The van der Waals surface area contributed by atoms with Crippen LogP contribution in [0.5, 0.6) is 5.75 Å². The SMILES string of the molecule is CCCCCCCCCCCCCCN(CCCCCCCCCCCCCC)CCc1c[nH]c2ccc(OC)cc12. The standard InChI is InChI=1S/C39H70N2O/c1-4-6-8-10-12-14-16-18-20-22-24-26-31-41(32-27-25-23-21-19-17-15-13-11-9-7-5-2)33-30-36-35-40-39-29-28-37(42-3)34-38(36)39/h28-29,34-35,40H,4-27,30-33H2,1-3H3. The van der Waals surface area contributed by atoms with Crippen LogP contribution in [0, 0.1) is 0 Å². The third-order valence-electron chi connectivity index (χ3n) is 9.33. The molecule has 0 fully saturated rings. The molecule has 0 unspecified atom stereocenters. The summed E-state index contributed by atoms with van der Waals surface area (Å²) in [5.74, 6) is 0.952. The van der Waals surface area contributed by atoms with Gasteiger partial charge in [-0.25, -0.2) is 0 Å². The van der Waals surface area contributed by atoms with Crippen LogP contribution < -0.4 is 4.74 Å². The van der Waals surface area contributed by atoms with Gasteiger partial charge in [0.1, 0.15) is 5.75 Å². The summed E-state index contributed by atoms with van der Waals surface area (Å²) >= 11 is 0. The molecule has 0 aliphatic rings. The highest BCUT2D eigenvalue weighted by Gasteiger charge is 2.10. The van der Waals surface area contributed by atoms with E-state index >= 15 is 0 Å². The monoisotopic (exact) mass is 583 g/mol. The van der Waals surface area contributed by atoms with E-state index in [-0.39, 0.29) is 0 Å². The van der Waals surface area contributed by atoms with Crippen molar-refractivity contribution in [2.45, 2.75) is 174 Å². The first kappa shape index (κ1) is 36.7. The average molecular weight is 583 g/mol. The number of methoxy groups -OCH3 is 1. The van der Waals surface area contributed by atoms with Crippen LogP contribution >= 0.6 is 0 Å². The Hall–Kier alpha value is -1.48. The van der Waals surface area contributed by atoms with Gasteiger partial charge in [0, 0.05) is 23.6 Å². The number of aromatic amines is 1. The lowest BCUT2D eigenvalue weighted by Gasteiger charge is -2.22. The number of ether oxygens (including phenoxy) is 1. The van der Waals surface area contributed by atoms with Crippen molar-refractivity contribution in [2.24, 2.45) is 0 Å². The van der Waals surface area contributed by atoms with Crippen LogP contribution in [-0.2, 0) is 6.42 Å². The Balaban J connectivity index is 1.64. The number of benzene rings is 1. The first-order chi connectivity index (χ1) is 20.8. The van der Waals surface area contributed by atoms with Crippen molar-refractivity contribution >= 4 is 10.9 Å². The molecule has 1 aromatic carbocycles. The van der Waals surface area contributed by atoms with E-state index in [1.807, 2.05) is 0 Å². The van der Waals surface area contributed by atoms with Gasteiger partial charge in [-0.05, 0) is 56.1 Å². The largest absolute Gasteiger partial charge is 0.497 e. The van der Waals surface area contributed by atoms with E-state index in [0.717, 1.165) is 12.2 Å². The van der Waals surface area contributed by atoms with Crippen LogP contribution in [0.4, 0.5) is 0 Å². The molecule has 0 spiro atoms. The number of rotatable bonds is 30. The Bertz CT molecular complexity index is 831. The molecule has 2 rings (SSSR count). The number of H-pyrrole nitrogens is 1. The summed E-state index contributed by atoms with van der Waals surface area (Å²) in [7, 11) is 1.76. The Labute approximate surface area is 262 Å². The fourth-order valence-corrected chi connectivity index (χ4v) is 6.46. The van der Waals surface area contributed by atoms with Crippen molar-refractivity contribution in [3.8, 4) is 5.75 Å². The fourth-order valence-electron chi connectivity index (χ4n) is 6.46. The lowest BCUT2D eigenvalue weighted by molar-refractivity contribution is 0.263. The van der Waals surface area contributed by atoms with Crippen LogP contribution in [0.25, 0.3) is 10.9 Å². The molecule has 0 aliphatic carbocycles. The smallest absolute Gasteiger partial charge is 0.119 e. The van der Waals surface area contributed by atoms with Crippen LogP contribution in [0.15, 0.2) is 24.4 Å². The zero-order valence-corrected chi connectivity index (χ0v) is 28.5. The highest BCUT2D eigenvalue weighted by Crippen LogP contribution is 2.24. The van der Waals surface area contributed by atoms with Gasteiger partial charge in [-0.3, -0.25) is 0 Å². The minimum absolute atomic E-state index is 0.952. The first-order valence-corrected chi connectivity index (χ1v) is 18.6. The van der Waals surface area contributed by atoms with Crippen molar-refractivity contribution in [3.05, 3.63) is 30.0 Å². The predicted octanol–water partition coefficient (Wildman–Crippen LogP) is 12.4. The molecule has 2 aromatic rings. The molecule has 0 amide bonds. The van der Waals surface area contributed by atoms with Gasteiger partial charge in [-0.2, -0.15) is 0 Å². The van der Waals surface area contributed by atoms with Crippen LogP contribution in [0.2, 0.25) is 0 Å². The number of unbranched alkanes of at least 4 members (excludes halogenated alkanes) is 22. The van der Waals surface area contributed by atoms with E-state index < -0.39 is 0 Å². The first-order valence-electron chi connectivity index (χ1n) is 18.6. The number of hydrogen-bond acceptors (Lipinski definition) is 2. The normalized spacial score (nSPS) is 11.7. The van der Waals surface area contributed by atoms with Gasteiger partial charge in [0.25, 0.3) is 0 Å². The van der Waals surface area contributed by atoms with E-state index in [1.54, 1.807) is 7.11 Å². The van der Waals surface area contributed by atoms with Gasteiger partial charge >= 0.3 is 0 Å². The molecule has 0 saturated carbocycles. The van der Waals surface area contributed by atoms with E-state index in [9.17, 15) is 0 Å². The molecule has 3 heteroatoms. The van der Waals surface area contributed by atoms with Gasteiger partial charge in [0.2, 0.25) is 0 Å².